The molecule has 2 aromatic rings. The highest BCUT2D eigenvalue weighted by molar-refractivity contribution is 6.04. The number of amides is 1. The molecule has 132 valence electrons. The van der Waals surface area contributed by atoms with E-state index in [1.165, 1.54) is 13.0 Å². The summed E-state index contributed by atoms with van der Waals surface area (Å²) in [7, 11) is 0. The number of hydrogen-bond acceptors (Lipinski definition) is 7. The molecule has 0 fully saturated rings. The number of esters is 1. The minimum Gasteiger partial charge on any atom is -0.444 e. The van der Waals surface area contributed by atoms with E-state index in [4.69, 9.17) is 19.4 Å². The van der Waals surface area contributed by atoms with Gasteiger partial charge in [-0.25, -0.2) is 4.79 Å². The standard InChI is InChI=1S/C17H19N3O5/c1-10(21)23-14-9-13(20-25-14)11-5-7-12(8-6-11)15(18)19-16(22)24-17(2,3)4/h5-9H,1-4H3,(H2,18,19,22). The van der Waals surface area contributed by atoms with Crippen LogP contribution < -0.4 is 10.1 Å². The highest BCUT2D eigenvalue weighted by Crippen LogP contribution is 2.23. The Morgan fingerprint density at radius 1 is 1.20 bits per heavy atom. The van der Waals surface area contributed by atoms with Crippen molar-refractivity contribution >= 4 is 17.9 Å². The topological polar surface area (TPSA) is 115 Å². The zero-order chi connectivity index (χ0) is 18.6. The summed E-state index contributed by atoms with van der Waals surface area (Å²) in [5, 5.41) is 14.1. The number of carbonyl (C=O) groups is 2. The molecule has 0 unspecified atom stereocenters. The average molecular weight is 345 g/mol. The van der Waals surface area contributed by atoms with Crippen LogP contribution in [0.4, 0.5) is 4.79 Å². The van der Waals surface area contributed by atoms with Crippen LogP contribution in [0.3, 0.4) is 0 Å². The van der Waals surface area contributed by atoms with E-state index in [1.807, 2.05) is 0 Å². The smallest absolute Gasteiger partial charge is 0.413 e. The first-order chi connectivity index (χ1) is 11.6. The maximum atomic E-state index is 11.7. The van der Waals surface area contributed by atoms with Crippen LogP contribution in [0.15, 0.2) is 34.9 Å². The summed E-state index contributed by atoms with van der Waals surface area (Å²) in [5.41, 5.74) is 1.05. The lowest BCUT2D eigenvalue weighted by Crippen LogP contribution is -2.36. The van der Waals surface area contributed by atoms with Gasteiger partial charge in [-0.15, -0.1) is 0 Å². The van der Waals surface area contributed by atoms with Crippen LogP contribution in [-0.4, -0.2) is 28.7 Å². The monoisotopic (exact) mass is 345 g/mol. The molecular formula is C17H19N3O5. The summed E-state index contributed by atoms with van der Waals surface area (Å²) in [5.74, 6) is -0.577. The van der Waals surface area contributed by atoms with E-state index >= 15 is 0 Å². The Morgan fingerprint density at radius 3 is 2.40 bits per heavy atom. The van der Waals surface area contributed by atoms with Crippen LogP contribution >= 0.6 is 0 Å². The SMILES string of the molecule is CC(=O)Oc1cc(-c2ccc(C(=N)NC(=O)OC(C)(C)C)cc2)no1. The molecule has 8 heteroatoms. The van der Waals surface area contributed by atoms with Gasteiger partial charge in [0.25, 0.3) is 0 Å². The van der Waals surface area contributed by atoms with Gasteiger partial charge in [0.15, 0.2) is 0 Å². The predicted octanol–water partition coefficient (Wildman–Crippen LogP) is 3.12. The minimum atomic E-state index is -0.691. The fraction of sp³-hybridized carbons (Fsp3) is 0.294. The van der Waals surface area contributed by atoms with Gasteiger partial charge in [-0.3, -0.25) is 15.5 Å². The molecule has 0 spiro atoms. The molecule has 1 aromatic heterocycles. The summed E-state index contributed by atoms with van der Waals surface area (Å²) >= 11 is 0. The molecule has 2 N–H and O–H groups in total. The number of hydrogen-bond donors (Lipinski definition) is 2. The van der Waals surface area contributed by atoms with Gasteiger partial charge in [0.2, 0.25) is 0 Å². The largest absolute Gasteiger partial charge is 0.444 e. The summed E-state index contributed by atoms with van der Waals surface area (Å²) in [6.07, 6.45) is -0.691. The number of nitrogens with one attached hydrogen (secondary N) is 2. The number of rotatable bonds is 3. The third-order valence-corrected chi connectivity index (χ3v) is 2.83. The second-order valence-electron chi connectivity index (χ2n) is 6.20. The van der Waals surface area contributed by atoms with Crippen LogP contribution in [0.5, 0.6) is 5.95 Å². The number of ether oxygens (including phenoxy) is 2. The Kier molecular flexibility index (Phi) is 5.21. The molecule has 0 aliphatic heterocycles. The molecule has 1 amide bonds. The van der Waals surface area contributed by atoms with Crippen LogP contribution in [0.25, 0.3) is 11.3 Å². The maximum Gasteiger partial charge on any atom is 0.413 e. The molecule has 1 heterocycles. The quantitative estimate of drug-likeness (QED) is 0.502. The number of aromatic nitrogens is 1. The Balaban J connectivity index is 2.04. The first-order valence-electron chi connectivity index (χ1n) is 7.48. The molecule has 0 saturated heterocycles. The Bertz CT molecular complexity index is 787. The van der Waals surface area contributed by atoms with Crippen LogP contribution in [-0.2, 0) is 9.53 Å². The Morgan fingerprint density at radius 2 is 1.84 bits per heavy atom. The van der Waals surface area contributed by atoms with Crippen LogP contribution in [0, 0.1) is 5.41 Å². The van der Waals surface area contributed by atoms with E-state index in [-0.39, 0.29) is 11.8 Å². The van der Waals surface area contributed by atoms with Gasteiger partial charge in [-0.2, -0.15) is 0 Å². The van der Waals surface area contributed by atoms with Crippen molar-refractivity contribution in [3.8, 4) is 17.2 Å². The van der Waals surface area contributed by atoms with Gasteiger partial charge in [0, 0.05) is 18.1 Å². The van der Waals surface area contributed by atoms with Crippen molar-refractivity contribution in [2.24, 2.45) is 0 Å². The molecule has 25 heavy (non-hydrogen) atoms. The number of nitrogens with zero attached hydrogens (tertiary/aromatic N) is 1. The average Bonchev–Trinajstić information content (AvgIpc) is 2.93. The van der Waals surface area contributed by atoms with Gasteiger partial charge in [0.05, 0.1) is 6.07 Å². The van der Waals surface area contributed by atoms with Crippen LogP contribution in [0.2, 0.25) is 0 Å². The second-order valence-corrected chi connectivity index (χ2v) is 6.20. The maximum absolute atomic E-state index is 11.7. The van der Waals surface area contributed by atoms with E-state index in [9.17, 15) is 9.59 Å². The molecule has 0 saturated carbocycles. The normalized spacial score (nSPS) is 10.9. The van der Waals surface area contributed by atoms with E-state index in [2.05, 4.69) is 10.5 Å². The van der Waals surface area contributed by atoms with Crippen molar-refractivity contribution in [1.82, 2.24) is 10.5 Å². The van der Waals surface area contributed by atoms with Crippen molar-refractivity contribution in [3.63, 3.8) is 0 Å². The lowest BCUT2D eigenvalue weighted by molar-refractivity contribution is -0.133. The fourth-order valence-electron chi connectivity index (χ4n) is 1.87. The fourth-order valence-corrected chi connectivity index (χ4v) is 1.87. The van der Waals surface area contributed by atoms with Crippen molar-refractivity contribution in [2.45, 2.75) is 33.3 Å². The Hall–Kier alpha value is -3.16. The summed E-state index contributed by atoms with van der Waals surface area (Å²) < 4.78 is 14.8. The van der Waals surface area contributed by atoms with Gasteiger partial charge in [-0.1, -0.05) is 29.4 Å². The molecule has 8 nitrogen and oxygen atoms in total. The molecule has 1 aromatic carbocycles. The van der Waals surface area contributed by atoms with Gasteiger partial charge >= 0.3 is 18.0 Å². The molecule has 0 bridgehead atoms. The summed E-state index contributed by atoms with van der Waals surface area (Å²) in [4.78, 5) is 22.6. The second kappa shape index (κ2) is 7.16. The lowest BCUT2D eigenvalue weighted by atomic mass is 10.1. The number of carbonyl (C=O) groups excluding carboxylic acids is 2. The Labute approximate surface area is 144 Å². The predicted molar refractivity (Wildman–Crippen MR) is 89.4 cm³/mol. The van der Waals surface area contributed by atoms with Gasteiger partial charge in [0.1, 0.15) is 17.1 Å². The lowest BCUT2D eigenvalue weighted by Gasteiger charge is -2.19. The third-order valence-electron chi connectivity index (χ3n) is 2.83. The molecule has 0 radical (unpaired) electrons. The third kappa shape index (κ3) is 5.45. The molecular weight excluding hydrogens is 326 g/mol. The van der Waals surface area contributed by atoms with E-state index in [0.717, 1.165) is 0 Å². The van der Waals surface area contributed by atoms with Crippen molar-refractivity contribution in [2.75, 3.05) is 0 Å². The molecule has 0 aliphatic carbocycles. The number of benzene rings is 1. The van der Waals surface area contributed by atoms with Gasteiger partial charge in [-0.05, 0) is 20.8 Å². The first kappa shape index (κ1) is 18.2. The van der Waals surface area contributed by atoms with Crippen molar-refractivity contribution in [1.29, 1.82) is 5.41 Å². The zero-order valence-corrected chi connectivity index (χ0v) is 14.4. The van der Waals surface area contributed by atoms with E-state index in [1.54, 1.807) is 45.0 Å². The minimum absolute atomic E-state index is 0.00547. The van der Waals surface area contributed by atoms with E-state index < -0.39 is 17.7 Å². The number of amidine groups is 1. The van der Waals surface area contributed by atoms with Crippen molar-refractivity contribution in [3.05, 3.63) is 35.9 Å². The van der Waals surface area contributed by atoms with Gasteiger partial charge < -0.3 is 14.0 Å². The highest BCUT2D eigenvalue weighted by Gasteiger charge is 2.17. The zero-order valence-electron chi connectivity index (χ0n) is 14.4. The number of alkyl carbamates (subject to hydrolysis) is 1. The molecule has 2 rings (SSSR count). The first-order valence-corrected chi connectivity index (χ1v) is 7.48. The summed E-state index contributed by atoms with van der Waals surface area (Å²) in [6, 6.07) is 8.19. The van der Waals surface area contributed by atoms with Crippen LogP contribution in [0.1, 0.15) is 33.3 Å². The van der Waals surface area contributed by atoms with Crippen molar-refractivity contribution < 1.29 is 23.6 Å². The summed E-state index contributed by atoms with van der Waals surface area (Å²) in [6.45, 7) is 6.49. The molecule has 0 aliphatic rings. The molecule has 0 atom stereocenters. The highest BCUT2D eigenvalue weighted by atomic mass is 16.6. The van der Waals surface area contributed by atoms with E-state index in [0.29, 0.717) is 16.8 Å².